The lowest BCUT2D eigenvalue weighted by Crippen LogP contribution is -2.43. The van der Waals surface area contributed by atoms with Crippen LogP contribution < -0.4 is 4.74 Å². The summed E-state index contributed by atoms with van der Waals surface area (Å²) in [6.07, 6.45) is 3.36. The van der Waals surface area contributed by atoms with E-state index >= 15 is 0 Å². The topological polar surface area (TPSA) is 50.6 Å². The summed E-state index contributed by atoms with van der Waals surface area (Å²) in [5.41, 5.74) is 3.17. The third-order valence-electron chi connectivity index (χ3n) is 6.58. The molecule has 6 heteroatoms. The summed E-state index contributed by atoms with van der Waals surface area (Å²) >= 11 is 0. The van der Waals surface area contributed by atoms with E-state index in [2.05, 4.69) is 35.0 Å². The molecule has 0 radical (unpaired) electrons. The molecule has 0 spiro atoms. The molecule has 2 heterocycles. The number of nitrogens with zero attached hydrogens (tertiary/aromatic N) is 4. The number of hydrogen-bond acceptors (Lipinski definition) is 4. The number of likely N-dealkylation sites (tertiary alicyclic amines) is 1. The Morgan fingerprint density at radius 2 is 2.06 bits per heavy atom. The molecule has 1 amide bonds. The van der Waals surface area contributed by atoms with E-state index in [0.717, 1.165) is 49.4 Å². The van der Waals surface area contributed by atoms with Crippen LogP contribution in [0.5, 0.6) is 5.75 Å². The first-order valence-corrected chi connectivity index (χ1v) is 11.6. The number of aryl methyl sites for hydroxylation is 1. The molecule has 0 bridgehead atoms. The van der Waals surface area contributed by atoms with Crippen LogP contribution >= 0.6 is 0 Å². The van der Waals surface area contributed by atoms with Crippen molar-refractivity contribution in [3.05, 3.63) is 59.9 Å². The second-order valence-corrected chi connectivity index (χ2v) is 8.74. The van der Waals surface area contributed by atoms with Gasteiger partial charge in [0.1, 0.15) is 5.75 Å². The molecular weight excluding hydrogens is 400 g/mol. The molecule has 1 fully saturated rings. The van der Waals surface area contributed by atoms with E-state index in [1.807, 2.05) is 46.8 Å². The van der Waals surface area contributed by atoms with Gasteiger partial charge in [-0.15, -0.1) is 0 Å². The molecule has 0 N–H and O–H groups in total. The molecule has 0 saturated carbocycles. The molecule has 1 atom stereocenters. The lowest BCUT2D eigenvalue weighted by Gasteiger charge is -2.35. The van der Waals surface area contributed by atoms with Crippen LogP contribution in [0.1, 0.15) is 35.9 Å². The molecule has 1 aromatic heterocycles. The Morgan fingerprint density at radius 3 is 2.84 bits per heavy atom. The largest absolute Gasteiger partial charge is 0.497 e. The average molecular weight is 435 g/mol. The van der Waals surface area contributed by atoms with Gasteiger partial charge < -0.3 is 19.1 Å². The quantitative estimate of drug-likeness (QED) is 0.538. The summed E-state index contributed by atoms with van der Waals surface area (Å²) in [4.78, 5) is 22.4. The number of methoxy groups -OCH3 is 1. The lowest BCUT2D eigenvalue weighted by atomic mass is 9.96. The molecule has 1 aliphatic rings. The summed E-state index contributed by atoms with van der Waals surface area (Å²) in [5, 5.41) is 0. The van der Waals surface area contributed by atoms with Gasteiger partial charge in [0, 0.05) is 33.2 Å². The average Bonchev–Trinajstić information content (AvgIpc) is 3.18. The highest BCUT2D eigenvalue weighted by Crippen LogP contribution is 2.21. The van der Waals surface area contributed by atoms with Crippen LogP contribution in [0.15, 0.2) is 48.5 Å². The van der Waals surface area contributed by atoms with Gasteiger partial charge in [0.15, 0.2) is 5.82 Å². The molecule has 32 heavy (non-hydrogen) atoms. The van der Waals surface area contributed by atoms with Crippen molar-refractivity contribution in [3.63, 3.8) is 0 Å². The maximum atomic E-state index is 13.3. The number of fused-ring (bicyclic) bond motifs is 1. The van der Waals surface area contributed by atoms with E-state index in [-0.39, 0.29) is 5.91 Å². The van der Waals surface area contributed by atoms with Crippen LogP contribution in [0.4, 0.5) is 0 Å². The first kappa shape index (κ1) is 22.3. The van der Waals surface area contributed by atoms with Crippen molar-refractivity contribution in [1.29, 1.82) is 0 Å². The Labute approximate surface area is 190 Å². The molecule has 0 aliphatic carbocycles. The van der Waals surface area contributed by atoms with Crippen molar-refractivity contribution in [1.82, 2.24) is 19.4 Å². The molecule has 3 aromatic rings. The Balaban J connectivity index is 1.37. The van der Waals surface area contributed by atoms with E-state index in [1.165, 1.54) is 18.4 Å². The lowest BCUT2D eigenvalue weighted by molar-refractivity contribution is 0.0676. The molecule has 1 unspecified atom stereocenters. The summed E-state index contributed by atoms with van der Waals surface area (Å²) < 4.78 is 7.27. The number of hydrogen-bond donors (Lipinski definition) is 0. The number of ether oxygens (including phenoxy) is 1. The number of aromatic nitrogens is 2. The van der Waals surface area contributed by atoms with Crippen molar-refractivity contribution in [3.8, 4) is 5.75 Å². The van der Waals surface area contributed by atoms with Crippen molar-refractivity contribution in [2.24, 2.45) is 13.0 Å². The normalized spacial score (nSPS) is 16.9. The van der Waals surface area contributed by atoms with E-state index in [9.17, 15) is 4.79 Å². The number of piperidine rings is 1. The fourth-order valence-corrected chi connectivity index (χ4v) is 4.76. The van der Waals surface area contributed by atoms with Crippen LogP contribution in [0.3, 0.4) is 0 Å². The van der Waals surface area contributed by atoms with Crippen LogP contribution in [-0.2, 0) is 13.5 Å². The Kier molecular flexibility index (Phi) is 7.10. The number of rotatable bonds is 8. The third-order valence-corrected chi connectivity index (χ3v) is 6.58. The zero-order valence-electron chi connectivity index (χ0n) is 19.5. The highest BCUT2D eigenvalue weighted by atomic mass is 16.5. The van der Waals surface area contributed by atoms with Crippen LogP contribution in [-0.4, -0.2) is 65.1 Å². The second-order valence-electron chi connectivity index (χ2n) is 8.74. The minimum Gasteiger partial charge on any atom is -0.497 e. The SMILES string of the molecule is CCN(CC1CCCN(CCc2cccc(OC)c2)C1)C(=O)c1nc2ccccc2n1C. The first-order valence-electron chi connectivity index (χ1n) is 11.6. The monoisotopic (exact) mass is 434 g/mol. The van der Waals surface area contributed by atoms with Gasteiger partial charge >= 0.3 is 0 Å². The summed E-state index contributed by atoms with van der Waals surface area (Å²) in [5.74, 6) is 1.96. The van der Waals surface area contributed by atoms with Gasteiger partial charge in [-0.1, -0.05) is 24.3 Å². The van der Waals surface area contributed by atoms with Crippen molar-refractivity contribution in [2.45, 2.75) is 26.2 Å². The molecule has 6 nitrogen and oxygen atoms in total. The number of imidazole rings is 1. The second kappa shape index (κ2) is 10.2. The fraction of sp³-hybridized carbons (Fsp3) is 0.462. The summed E-state index contributed by atoms with van der Waals surface area (Å²) in [7, 11) is 3.64. The molecule has 1 aliphatic heterocycles. The van der Waals surface area contributed by atoms with Gasteiger partial charge in [0.05, 0.1) is 18.1 Å². The molecule has 4 rings (SSSR count). The van der Waals surface area contributed by atoms with Gasteiger partial charge in [-0.2, -0.15) is 0 Å². The van der Waals surface area contributed by atoms with Gasteiger partial charge in [-0.25, -0.2) is 4.98 Å². The minimum atomic E-state index is 0.0275. The molecule has 1 saturated heterocycles. The van der Waals surface area contributed by atoms with Gasteiger partial charge in [-0.3, -0.25) is 4.79 Å². The standard InChI is InChI=1S/C26H34N4O2/c1-4-30(26(31)25-27-23-12-5-6-13-24(23)28(25)2)19-21-10-8-15-29(18-21)16-14-20-9-7-11-22(17-20)32-3/h5-7,9,11-13,17,21H,4,8,10,14-16,18-19H2,1-3H3. The smallest absolute Gasteiger partial charge is 0.289 e. The van der Waals surface area contributed by atoms with Crippen LogP contribution in [0, 0.1) is 5.92 Å². The first-order chi connectivity index (χ1) is 15.6. The van der Waals surface area contributed by atoms with Crippen LogP contribution in [0.2, 0.25) is 0 Å². The van der Waals surface area contributed by atoms with Crippen molar-refractivity contribution < 1.29 is 9.53 Å². The maximum absolute atomic E-state index is 13.3. The van der Waals surface area contributed by atoms with Gasteiger partial charge in [0.25, 0.3) is 5.91 Å². The summed E-state index contributed by atoms with van der Waals surface area (Å²) in [6.45, 7) is 6.75. The molecular formula is C26H34N4O2. The molecule has 2 aromatic carbocycles. The van der Waals surface area contributed by atoms with Gasteiger partial charge in [0.2, 0.25) is 0 Å². The predicted octanol–water partition coefficient (Wildman–Crippen LogP) is 4.00. The van der Waals surface area contributed by atoms with Crippen molar-refractivity contribution in [2.75, 3.05) is 39.8 Å². The summed E-state index contributed by atoms with van der Waals surface area (Å²) in [6, 6.07) is 16.2. The zero-order chi connectivity index (χ0) is 22.5. The Bertz CT molecular complexity index is 1060. The van der Waals surface area contributed by atoms with E-state index in [4.69, 9.17) is 4.74 Å². The third kappa shape index (κ3) is 4.96. The fourth-order valence-electron chi connectivity index (χ4n) is 4.76. The number of benzene rings is 2. The highest BCUT2D eigenvalue weighted by Gasteiger charge is 2.26. The van der Waals surface area contributed by atoms with Crippen molar-refractivity contribution >= 4 is 16.9 Å². The number of para-hydroxylation sites is 2. The van der Waals surface area contributed by atoms with Crippen LogP contribution in [0.25, 0.3) is 11.0 Å². The minimum absolute atomic E-state index is 0.0275. The van der Waals surface area contributed by atoms with E-state index in [0.29, 0.717) is 18.3 Å². The molecule has 170 valence electrons. The Morgan fingerprint density at radius 1 is 1.22 bits per heavy atom. The number of carbonyl (C=O) groups is 1. The predicted molar refractivity (Wildman–Crippen MR) is 128 cm³/mol. The van der Waals surface area contributed by atoms with E-state index in [1.54, 1.807) is 7.11 Å². The zero-order valence-corrected chi connectivity index (χ0v) is 19.5. The number of carbonyl (C=O) groups excluding carboxylic acids is 1. The van der Waals surface area contributed by atoms with Gasteiger partial charge in [-0.05, 0) is 68.5 Å². The maximum Gasteiger partial charge on any atom is 0.289 e. The number of amides is 1. The Hall–Kier alpha value is -2.86. The highest BCUT2D eigenvalue weighted by molar-refractivity contribution is 5.94. The van der Waals surface area contributed by atoms with E-state index < -0.39 is 0 Å².